The number of alkyl halides is 1. The molecular formula is C17H19F3N4O2. The Morgan fingerprint density at radius 2 is 2.00 bits per heavy atom. The number of hydrogen-bond acceptors (Lipinski definition) is 3. The molecule has 0 N–H and O–H groups in total. The number of amides is 1. The van der Waals surface area contributed by atoms with E-state index in [4.69, 9.17) is 0 Å². The minimum Gasteiger partial charge on any atom is -0.335 e. The SMILES string of the molecule is O=C([C@@H]1CCCc2nn(CC3=C(F)C=C(F)CC3)c(=O)n21)N1CC(F)C1. The topological polar surface area (TPSA) is 60.1 Å². The van der Waals surface area contributed by atoms with Gasteiger partial charge in [-0.1, -0.05) is 0 Å². The maximum Gasteiger partial charge on any atom is 0.346 e. The van der Waals surface area contributed by atoms with Gasteiger partial charge in [0.15, 0.2) is 0 Å². The molecule has 2 aliphatic heterocycles. The van der Waals surface area contributed by atoms with Crippen LogP contribution >= 0.6 is 0 Å². The number of rotatable bonds is 3. The first-order valence-electron chi connectivity index (χ1n) is 8.78. The molecule has 1 saturated heterocycles. The van der Waals surface area contributed by atoms with Crippen LogP contribution in [0, 0.1) is 0 Å². The number of allylic oxidation sites excluding steroid dienone is 4. The third kappa shape index (κ3) is 2.89. The minimum absolute atomic E-state index is 0.0591. The second kappa shape index (κ2) is 6.44. The lowest BCUT2D eigenvalue weighted by atomic mass is 10.0. The Morgan fingerprint density at radius 3 is 2.69 bits per heavy atom. The van der Waals surface area contributed by atoms with Crippen LogP contribution in [0.4, 0.5) is 13.2 Å². The summed E-state index contributed by atoms with van der Waals surface area (Å²) < 4.78 is 42.6. The number of fused-ring (bicyclic) bond motifs is 1. The molecule has 0 aromatic carbocycles. The van der Waals surface area contributed by atoms with Gasteiger partial charge in [0, 0.05) is 18.9 Å². The molecule has 26 heavy (non-hydrogen) atoms. The number of hydrogen-bond donors (Lipinski definition) is 0. The molecule has 1 aromatic rings. The second-order valence-corrected chi connectivity index (χ2v) is 7.02. The first-order valence-corrected chi connectivity index (χ1v) is 8.78. The second-order valence-electron chi connectivity index (χ2n) is 7.02. The molecule has 9 heteroatoms. The van der Waals surface area contributed by atoms with Crippen LogP contribution in [0.15, 0.2) is 28.1 Å². The molecule has 1 aromatic heterocycles. The van der Waals surface area contributed by atoms with Crippen molar-refractivity contribution < 1.29 is 18.0 Å². The molecule has 0 spiro atoms. The molecule has 0 unspecified atom stereocenters. The summed E-state index contributed by atoms with van der Waals surface area (Å²) in [6.45, 7) is 0.0543. The highest BCUT2D eigenvalue weighted by Gasteiger charge is 2.38. The monoisotopic (exact) mass is 368 g/mol. The van der Waals surface area contributed by atoms with E-state index in [1.165, 1.54) is 9.47 Å². The van der Waals surface area contributed by atoms with Gasteiger partial charge in [0.25, 0.3) is 0 Å². The van der Waals surface area contributed by atoms with Gasteiger partial charge in [0.05, 0.1) is 19.6 Å². The fraction of sp³-hybridized carbons (Fsp3) is 0.588. The summed E-state index contributed by atoms with van der Waals surface area (Å²) in [5, 5.41) is 4.26. The predicted molar refractivity (Wildman–Crippen MR) is 86.5 cm³/mol. The number of carbonyl (C=O) groups excluding carboxylic acids is 1. The van der Waals surface area contributed by atoms with Crippen molar-refractivity contribution in [2.45, 2.75) is 50.9 Å². The minimum atomic E-state index is -1.00. The van der Waals surface area contributed by atoms with Crippen molar-refractivity contribution in [2.24, 2.45) is 0 Å². The van der Waals surface area contributed by atoms with E-state index >= 15 is 0 Å². The lowest BCUT2D eigenvalue weighted by Crippen LogP contribution is -2.54. The summed E-state index contributed by atoms with van der Waals surface area (Å²) in [5.41, 5.74) is -0.166. The fourth-order valence-electron chi connectivity index (χ4n) is 3.72. The third-order valence-corrected chi connectivity index (χ3v) is 5.19. The molecule has 0 radical (unpaired) electrons. The van der Waals surface area contributed by atoms with Gasteiger partial charge in [-0.05, 0) is 24.8 Å². The summed E-state index contributed by atoms with van der Waals surface area (Å²) in [6, 6.07) is -0.685. The molecule has 1 aliphatic carbocycles. The highest BCUT2D eigenvalue weighted by molar-refractivity contribution is 5.81. The Morgan fingerprint density at radius 1 is 1.23 bits per heavy atom. The summed E-state index contributed by atoms with van der Waals surface area (Å²) in [6.07, 6.45) is 1.87. The predicted octanol–water partition coefficient (Wildman–Crippen LogP) is 1.97. The Hall–Kier alpha value is -2.32. The number of nitrogens with zero attached hydrogens (tertiary/aromatic N) is 4. The number of likely N-dealkylation sites (tertiary alicyclic amines) is 1. The molecule has 1 atom stereocenters. The normalized spacial score (nSPS) is 23.6. The number of halogens is 3. The smallest absolute Gasteiger partial charge is 0.335 e. The van der Waals surface area contributed by atoms with Crippen molar-refractivity contribution in [3.63, 3.8) is 0 Å². The Balaban J connectivity index is 1.62. The van der Waals surface area contributed by atoms with Gasteiger partial charge in [-0.25, -0.2) is 22.6 Å². The van der Waals surface area contributed by atoms with E-state index in [0.29, 0.717) is 30.7 Å². The highest BCUT2D eigenvalue weighted by atomic mass is 19.1. The molecule has 6 nitrogen and oxygen atoms in total. The van der Waals surface area contributed by atoms with Gasteiger partial charge in [-0.2, -0.15) is 5.10 Å². The molecule has 1 fully saturated rings. The van der Waals surface area contributed by atoms with Gasteiger partial charge in [-0.15, -0.1) is 0 Å². The van der Waals surface area contributed by atoms with Gasteiger partial charge < -0.3 is 4.90 Å². The average Bonchev–Trinajstić information content (AvgIpc) is 2.90. The lowest BCUT2D eigenvalue weighted by molar-refractivity contribution is -0.142. The quantitative estimate of drug-likeness (QED) is 0.820. The maximum atomic E-state index is 13.9. The highest BCUT2D eigenvalue weighted by Crippen LogP contribution is 2.28. The third-order valence-electron chi connectivity index (χ3n) is 5.19. The molecule has 3 aliphatic rings. The zero-order valence-corrected chi connectivity index (χ0v) is 14.1. The molecule has 0 bridgehead atoms. The molecule has 3 heterocycles. The number of aromatic nitrogens is 3. The van der Waals surface area contributed by atoms with Gasteiger partial charge in [0.2, 0.25) is 5.91 Å². The number of aryl methyl sites for hydroxylation is 1. The molecule has 0 saturated carbocycles. The van der Waals surface area contributed by atoms with E-state index in [0.717, 1.165) is 10.8 Å². The van der Waals surface area contributed by atoms with Crippen LogP contribution in [0.25, 0.3) is 0 Å². The summed E-state index contributed by atoms with van der Waals surface area (Å²) in [5.74, 6) is -0.979. The largest absolute Gasteiger partial charge is 0.346 e. The van der Waals surface area contributed by atoms with Crippen LogP contribution in [0.3, 0.4) is 0 Å². The van der Waals surface area contributed by atoms with Crippen LogP contribution in [-0.4, -0.2) is 44.4 Å². The fourth-order valence-corrected chi connectivity index (χ4v) is 3.72. The molecule has 140 valence electrons. The van der Waals surface area contributed by atoms with Gasteiger partial charge >= 0.3 is 5.69 Å². The van der Waals surface area contributed by atoms with E-state index in [2.05, 4.69) is 5.10 Å². The number of carbonyl (C=O) groups is 1. The Bertz CT molecular complexity index is 864. The van der Waals surface area contributed by atoms with Crippen LogP contribution in [-0.2, 0) is 17.8 Å². The van der Waals surface area contributed by atoms with Crippen LogP contribution < -0.4 is 5.69 Å². The zero-order valence-electron chi connectivity index (χ0n) is 14.1. The first kappa shape index (κ1) is 17.1. The van der Waals surface area contributed by atoms with Crippen molar-refractivity contribution >= 4 is 5.91 Å². The molecule has 4 rings (SSSR count). The van der Waals surface area contributed by atoms with E-state index < -0.39 is 29.6 Å². The molecular weight excluding hydrogens is 349 g/mol. The van der Waals surface area contributed by atoms with Crippen molar-refractivity contribution in [1.29, 1.82) is 0 Å². The zero-order chi connectivity index (χ0) is 18.4. The lowest BCUT2D eigenvalue weighted by Gasteiger charge is -2.37. The average molecular weight is 368 g/mol. The van der Waals surface area contributed by atoms with E-state index in [-0.39, 0.29) is 38.4 Å². The summed E-state index contributed by atoms with van der Waals surface area (Å²) in [7, 11) is 0. The van der Waals surface area contributed by atoms with Gasteiger partial charge in [0.1, 0.15) is 29.7 Å². The summed E-state index contributed by atoms with van der Waals surface area (Å²) in [4.78, 5) is 26.7. The van der Waals surface area contributed by atoms with E-state index in [9.17, 15) is 22.8 Å². The first-order chi connectivity index (χ1) is 12.4. The standard InChI is InChI=1S/C17H19F3N4O2/c18-11-5-4-10(13(20)6-11)7-23-17(26)24-14(2-1-3-15(24)21-23)16(25)22-8-12(19)9-22/h6,12,14H,1-5,7-9H2/t14-/m0/s1. The van der Waals surface area contributed by atoms with Gasteiger partial charge in [-0.3, -0.25) is 9.36 Å². The van der Waals surface area contributed by atoms with Crippen molar-refractivity contribution in [1.82, 2.24) is 19.2 Å². The Kier molecular flexibility index (Phi) is 4.24. The van der Waals surface area contributed by atoms with Crippen LogP contribution in [0.1, 0.15) is 37.5 Å². The Labute approximate surface area is 147 Å². The van der Waals surface area contributed by atoms with Crippen molar-refractivity contribution in [3.8, 4) is 0 Å². The summed E-state index contributed by atoms with van der Waals surface area (Å²) >= 11 is 0. The van der Waals surface area contributed by atoms with E-state index in [1.807, 2.05) is 0 Å². The maximum absolute atomic E-state index is 13.9. The van der Waals surface area contributed by atoms with Crippen molar-refractivity contribution in [2.75, 3.05) is 13.1 Å². The van der Waals surface area contributed by atoms with Crippen LogP contribution in [0.5, 0.6) is 0 Å². The van der Waals surface area contributed by atoms with Crippen LogP contribution in [0.2, 0.25) is 0 Å². The molecule has 1 amide bonds. The van der Waals surface area contributed by atoms with Crippen molar-refractivity contribution in [3.05, 3.63) is 39.6 Å². The van der Waals surface area contributed by atoms with E-state index in [1.54, 1.807) is 0 Å².